The molecule has 0 bridgehead atoms. The van der Waals surface area contributed by atoms with Crippen molar-refractivity contribution in [2.45, 2.75) is 48.8 Å². The van der Waals surface area contributed by atoms with Crippen molar-refractivity contribution in [3.8, 4) is 0 Å². The number of anilines is 4. The first-order valence-electron chi connectivity index (χ1n) is 23.9. The van der Waals surface area contributed by atoms with Gasteiger partial charge in [0.05, 0.1) is 59.7 Å². The first-order chi connectivity index (χ1) is 39.7. The standard InChI is InChI=1S/C17H15F2NO.2C14H11F2NO3S.C13H8F3NO3S.CH4/c1-12(7-8-13-5-3-2-4-6-13)20-16-10-9-15(18)14(11-21)17(16)19;1-9-2-4-10(5-3-9)21(19,20)17-13-7-6-12(15)11(8-18)14(13)16;1-9-3-2-4-10(7-9)21(19,20)17-13-6-5-12(15)11(8-18)14(13)16;14-8-1-3-9(4-2-8)21(19,20)17-12-6-5-11(15)10(7-18)13(12)16;/h2-6,9-11,20H,1,7-8H2;2*2-8,17H,1H3;1-7,17H;1H4. The van der Waals surface area contributed by atoms with Crippen LogP contribution in [0.4, 0.5) is 62.3 Å². The third kappa shape index (κ3) is 18.3. The molecule has 0 saturated carbocycles. The molecule has 8 aromatic rings. The average molecular weight is 1240 g/mol. The third-order valence-corrected chi connectivity index (χ3v) is 15.5. The smallest absolute Gasteiger partial charge is 0.261 e. The van der Waals surface area contributed by atoms with E-state index >= 15 is 0 Å². The van der Waals surface area contributed by atoms with Gasteiger partial charge in [0, 0.05) is 5.70 Å². The van der Waals surface area contributed by atoms with Gasteiger partial charge in [0.15, 0.2) is 48.4 Å². The summed E-state index contributed by atoms with van der Waals surface area (Å²) in [4.78, 5) is 42.1. The number of hydrogen-bond acceptors (Lipinski definition) is 11. The summed E-state index contributed by atoms with van der Waals surface area (Å²) in [5, 5.41) is 2.79. The molecular formula is C59H49F9N4O10S3. The summed E-state index contributed by atoms with van der Waals surface area (Å²) >= 11 is 0. The second-order valence-electron chi connectivity index (χ2n) is 17.4. The first kappa shape index (κ1) is 68.1. The fourth-order valence-corrected chi connectivity index (χ4v) is 10.2. The van der Waals surface area contributed by atoms with Crippen LogP contribution in [0.5, 0.6) is 0 Å². The minimum Gasteiger partial charge on any atom is -0.357 e. The molecule has 0 atom stereocenters. The highest BCUT2D eigenvalue weighted by Gasteiger charge is 2.23. The molecule has 14 nitrogen and oxygen atoms in total. The van der Waals surface area contributed by atoms with Gasteiger partial charge in [-0.25, -0.2) is 64.8 Å². The number of sulfonamides is 3. The highest BCUT2D eigenvalue weighted by molar-refractivity contribution is 7.93. The Morgan fingerprint density at radius 1 is 0.412 bits per heavy atom. The Kier molecular flexibility index (Phi) is 24.2. The van der Waals surface area contributed by atoms with Crippen LogP contribution in [0.25, 0.3) is 0 Å². The Bertz CT molecular complexity index is 3950. The van der Waals surface area contributed by atoms with Crippen molar-refractivity contribution >= 4 is 78.0 Å². The summed E-state index contributed by atoms with van der Waals surface area (Å²) in [6, 6.07) is 32.9. The second kappa shape index (κ2) is 30.2. The van der Waals surface area contributed by atoms with E-state index in [0.717, 1.165) is 84.3 Å². The monoisotopic (exact) mass is 1240 g/mol. The molecule has 0 radical (unpaired) electrons. The Morgan fingerprint density at radius 3 is 1.14 bits per heavy atom. The van der Waals surface area contributed by atoms with Crippen molar-refractivity contribution < 1.29 is 83.9 Å². The summed E-state index contributed by atoms with van der Waals surface area (Å²) in [7, 11) is -12.2. The van der Waals surface area contributed by atoms with Crippen LogP contribution in [0, 0.1) is 66.2 Å². The molecule has 0 aliphatic heterocycles. The van der Waals surface area contributed by atoms with Gasteiger partial charge in [0.1, 0.15) is 29.1 Å². The predicted molar refractivity (Wildman–Crippen MR) is 302 cm³/mol. The van der Waals surface area contributed by atoms with E-state index in [0.29, 0.717) is 17.7 Å². The molecule has 0 aliphatic rings. The number of aldehydes is 4. The molecule has 4 N–H and O–H groups in total. The number of allylic oxidation sites excluding steroid dienone is 1. The molecule has 0 unspecified atom stereocenters. The number of rotatable bonds is 18. The Morgan fingerprint density at radius 2 is 0.765 bits per heavy atom. The van der Waals surface area contributed by atoms with Crippen molar-refractivity contribution in [3.05, 3.63) is 255 Å². The van der Waals surface area contributed by atoms with Crippen molar-refractivity contribution in [3.63, 3.8) is 0 Å². The van der Waals surface area contributed by atoms with Crippen LogP contribution in [0.2, 0.25) is 0 Å². The van der Waals surface area contributed by atoms with Crippen LogP contribution in [0.15, 0.2) is 179 Å². The van der Waals surface area contributed by atoms with Crippen LogP contribution in [0.3, 0.4) is 0 Å². The SMILES string of the molecule is C.C=C(CCc1ccccc1)Nc1ccc(F)c(C=O)c1F.Cc1ccc(S(=O)(=O)Nc2ccc(F)c(C=O)c2F)cc1.Cc1cccc(S(=O)(=O)Nc2ccc(F)c(C=O)c2F)c1.O=Cc1c(F)ccc(NS(=O)(=O)c2ccc(F)cc2)c1F. The molecule has 8 aromatic carbocycles. The minimum absolute atomic E-state index is 0. The number of carbonyl (C=O) groups is 4. The topological polar surface area (TPSA) is 219 Å². The molecule has 0 aliphatic carbocycles. The first-order valence-corrected chi connectivity index (χ1v) is 28.3. The maximum Gasteiger partial charge on any atom is 0.261 e. The molecule has 0 fully saturated rings. The Hall–Kier alpha value is -9.40. The lowest BCUT2D eigenvalue weighted by atomic mass is 10.1. The van der Waals surface area contributed by atoms with E-state index < -0.39 is 122 Å². The maximum absolute atomic E-state index is 13.9. The van der Waals surface area contributed by atoms with E-state index in [1.165, 1.54) is 30.3 Å². The number of hydrogen-bond donors (Lipinski definition) is 4. The summed E-state index contributed by atoms with van der Waals surface area (Å²) < 4.78 is 199. The van der Waals surface area contributed by atoms with Gasteiger partial charge >= 0.3 is 0 Å². The normalized spacial score (nSPS) is 10.8. The minimum atomic E-state index is -4.19. The maximum atomic E-state index is 13.9. The molecule has 0 aromatic heterocycles. The van der Waals surface area contributed by atoms with Gasteiger partial charge in [-0.2, -0.15) is 0 Å². The van der Waals surface area contributed by atoms with Crippen molar-refractivity contribution in [2.24, 2.45) is 0 Å². The number of halogens is 9. The van der Waals surface area contributed by atoms with Crippen LogP contribution in [-0.4, -0.2) is 50.4 Å². The zero-order valence-corrected chi connectivity index (χ0v) is 46.0. The lowest BCUT2D eigenvalue weighted by molar-refractivity contribution is 0.110. The number of benzene rings is 8. The summed E-state index contributed by atoms with van der Waals surface area (Å²) in [6.45, 7) is 7.33. The lowest BCUT2D eigenvalue weighted by Crippen LogP contribution is -2.15. The molecule has 446 valence electrons. The van der Waals surface area contributed by atoms with E-state index in [1.807, 2.05) is 44.5 Å². The number of carbonyl (C=O) groups excluding carboxylic acids is 4. The van der Waals surface area contributed by atoms with Crippen LogP contribution in [-0.2, 0) is 36.5 Å². The van der Waals surface area contributed by atoms with E-state index in [9.17, 15) is 83.9 Å². The molecule has 8 rings (SSSR count). The molecule has 0 amide bonds. The van der Waals surface area contributed by atoms with Gasteiger partial charge in [-0.1, -0.05) is 74.2 Å². The van der Waals surface area contributed by atoms with Gasteiger partial charge in [-0.05, 0) is 135 Å². The van der Waals surface area contributed by atoms with E-state index in [2.05, 4.69) is 11.9 Å². The fraction of sp³-hybridized carbons (Fsp3) is 0.0847. The van der Waals surface area contributed by atoms with E-state index in [1.54, 1.807) is 38.1 Å². The van der Waals surface area contributed by atoms with Crippen LogP contribution >= 0.6 is 0 Å². The van der Waals surface area contributed by atoms with Gasteiger partial charge in [0.2, 0.25) is 0 Å². The Labute approximate surface area is 483 Å². The third-order valence-electron chi connectivity index (χ3n) is 11.3. The predicted octanol–water partition coefficient (Wildman–Crippen LogP) is 13.5. The van der Waals surface area contributed by atoms with Crippen LogP contribution in [0.1, 0.15) is 72.0 Å². The van der Waals surface area contributed by atoms with Crippen LogP contribution < -0.4 is 19.5 Å². The molecular weight excluding hydrogens is 1190 g/mol. The highest BCUT2D eigenvalue weighted by Crippen LogP contribution is 2.27. The molecule has 85 heavy (non-hydrogen) atoms. The average Bonchev–Trinajstić information content (AvgIpc) is 3.67. The van der Waals surface area contributed by atoms with Crippen molar-refractivity contribution in [1.82, 2.24) is 0 Å². The van der Waals surface area contributed by atoms with Gasteiger partial charge < -0.3 is 5.32 Å². The molecule has 26 heteroatoms. The van der Waals surface area contributed by atoms with Gasteiger partial charge in [-0.3, -0.25) is 33.3 Å². The number of nitrogens with one attached hydrogen (secondary N) is 4. The lowest BCUT2D eigenvalue weighted by Gasteiger charge is -2.11. The molecule has 0 heterocycles. The quantitative estimate of drug-likeness (QED) is 0.0468. The summed E-state index contributed by atoms with van der Waals surface area (Å²) in [5.41, 5.74) is -1.27. The highest BCUT2D eigenvalue weighted by atomic mass is 32.2. The molecule has 0 saturated heterocycles. The summed E-state index contributed by atoms with van der Waals surface area (Å²) in [6.07, 6.45) is 1.47. The largest absolute Gasteiger partial charge is 0.357 e. The Balaban J connectivity index is 0.000000242. The fourth-order valence-electron chi connectivity index (χ4n) is 6.96. The zero-order chi connectivity index (χ0) is 62.1. The van der Waals surface area contributed by atoms with Gasteiger partial charge in [0.25, 0.3) is 30.1 Å². The number of aryl methyl sites for hydroxylation is 3. The molecule has 0 spiro atoms. The van der Waals surface area contributed by atoms with E-state index in [4.69, 9.17) is 0 Å². The van der Waals surface area contributed by atoms with Crippen molar-refractivity contribution in [2.75, 3.05) is 19.5 Å². The van der Waals surface area contributed by atoms with E-state index in [-0.39, 0.29) is 52.9 Å². The zero-order valence-electron chi connectivity index (χ0n) is 43.6. The van der Waals surface area contributed by atoms with Crippen molar-refractivity contribution in [1.29, 1.82) is 0 Å². The second-order valence-corrected chi connectivity index (χ2v) is 22.4. The van der Waals surface area contributed by atoms with Gasteiger partial charge in [-0.15, -0.1) is 0 Å². The summed E-state index contributed by atoms with van der Waals surface area (Å²) in [5.74, 6) is -9.44.